The highest BCUT2D eigenvalue weighted by molar-refractivity contribution is 8.00. The van der Waals surface area contributed by atoms with Crippen LogP contribution < -0.4 is 5.32 Å². The van der Waals surface area contributed by atoms with Crippen LogP contribution in [0.25, 0.3) is 11.4 Å². The fourth-order valence-corrected chi connectivity index (χ4v) is 4.41. The van der Waals surface area contributed by atoms with Crippen molar-refractivity contribution in [3.8, 4) is 11.4 Å². The Kier molecular flexibility index (Phi) is 9.14. The van der Waals surface area contributed by atoms with Gasteiger partial charge in [-0.15, -0.1) is 10.2 Å². The van der Waals surface area contributed by atoms with E-state index in [1.807, 2.05) is 54.0 Å². The quantitative estimate of drug-likeness (QED) is 0.313. The molecule has 1 aromatic heterocycles. The summed E-state index contributed by atoms with van der Waals surface area (Å²) in [5.74, 6) is 0.907. The summed E-state index contributed by atoms with van der Waals surface area (Å²) in [6, 6.07) is 17.7. The number of hydrogen-bond donors (Lipinski definition) is 1. The van der Waals surface area contributed by atoms with Crippen molar-refractivity contribution in [2.24, 2.45) is 0 Å². The molecule has 0 saturated heterocycles. The number of carbonyl (C=O) groups is 1. The third kappa shape index (κ3) is 6.34. The molecule has 0 aliphatic carbocycles. The van der Waals surface area contributed by atoms with Crippen molar-refractivity contribution in [2.75, 3.05) is 20.3 Å². The standard InChI is InChI=1S/C24H29ClN4O2S/c1-17(19-10-5-4-6-11-19)16-26-23(30)18(2)32-24-28-27-22(29(24)14-9-15-31-3)20-12-7-8-13-21(20)25/h4-8,10-13,17-18H,9,14-16H2,1-3H3,(H,26,30). The number of amides is 1. The Morgan fingerprint density at radius 2 is 1.84 bits per heavy atom. The zero-order chi connectivity index (χ0) is 22.9. The first-order valence-electron chi connectivity index (χ1n) is 10.7. The molecule has 1 heterocycles. The summed E-state index contributed by atoms with van der Waals surface area (Å²) in [6.45, 7) is 5.87. The molecule has 3 rings (SSSR count). The number of rotatable bonds is 11. The van der Waals surface area contributed by atoms with Gasteiger partial charge in [0.15, 0.2) is 11.0 Å². The number of benzene rings is 2. The van der Waals surface area contributed by atoms with Gasteiger partial charge in [-0.25, -0.2) is 0 Å². The van der Waals surface area contributed by atoms with Gasteiger partial charge >= 0.3 is 0 Å². The average molecular weight is 473 g/mol. The lowest BCUT2D eigenvalue weighted by atomic mass is 10.0. The zero-order valence-electron chi connectivity index (χ0n) is 18.6. The topological polar surface area (TPSA) is 69.0 Å². The van der Waals surface area contributed by atoms with Crippen LogP contribution in [0.4, 0.5) is 0 Å². The van der Waals surface area contributed by atoms with Gasteiger partial charge < -0.3 is 14.6 Å². The average Bonchev–Trinajstić information content (AvgIpc) is 3.20. The molecule has 1 N–H and O–H groups in total. The van der Waals surface area contributed by atoms with Gasteiger partial charge in [-0.05, 0) is 37.0 Å². The van der Waals surface area contributed by atoms with E-state index < -0.39 is 0 Å². The fraction of sp³-hybridized carbons (Fsp3) is 0.375. The van der Waals surface area contributed by atoms with E-state index in [2.05, 4.69) is 34.6 Å². The predicted octanol–water partition coefficient (Wildman–Crippen LogP) is 5.04. The van der Waals surface area contributed by atoms with Crippen LogP contribution in [0.15, 0.2) is 59.8 Å². The van der Waals surface area contributed by atoms with Crippen LogP contribution in [0.2, 0.25) is 5.02 Å². The van der Waals surface area contributed by atoms with Crippen LogP contribution in [-0.2, 0) is 16.1 Å². The molecule has 32 heavy (non-hydrogen) atoms. The van der Waals surface area contributed by atoms with E-state index in [9.17, 15) is 4.79 Å². The lowest BCUT2D eigenvalue weighted by molar-refractivity contribution is -0.120. The Balaban J connectivity index is 1.69. The van der Waals surface area contributed by atoms with Crippen LogP contribution in [-0.4, -0.2) is 46.2 Å². The van der Waals surface area contributed by atoms with Crippen LogP contribution in [0.3, 0.4) is 0 Å². The van der Waals surface area contributed by atoms with E-state index in [0.717, 1.165) is 12.0 Å². The fourth-order valence-electron chi connectivity index (χ4n) is 3.29. The second-order valence-electron chi connectivity index (χ2n) is 7.60. The van der Waals surface area contributed by atoms with Crippen molar-refractivity contribution in [3.63, 3.8) is 0 Å². The minimum atomic E-state index is -0.317. The SMILES string of the molecule is COCCCn1c(SC(C)C(=O)NCC(C)c2ccccc2)nnc1-c1ccccc1Cl. The molecular weight excluding hydrogens is 444 g/mol. The summed E-state index contributed by atoms with van der Waals surface area (Å²) in [7, 11) is 1.68. The number of halogens is 1. The first kappa shape index (κ1) is 24.3. The molecule has 0 radical (unpaired) electrons. The third-order valence-electron chi connectivity index (χ3n) is 5.16. The van der Waals surface area contributed by atoms with Crippen LogP contribution in [0.5, 0.6) is 0 Å². The number of methoxy groups -OCH3 is 1. The van der Waals surface area contributed by atoms with Crippen molar-refractivity contribution in [1.29, 1.82) is 0 Å². The zero-order valence-corrected chi connectivity index (χ0v) is 20.2. The number of carbonyl (C=O) groups excluding carboxylic acids is 1. The molecule has 0 aliphatic rings. The molecule has 6 nitrogen and oxygen atoms in total. The summed E-state index contributed by atoms with van der Waals surface area (Å²) in [6.07, 6.45) is 0.800. The van der Waals surface area contributed by atoms with Gasteiger partial charge in [0.2, 0.25) is 5.91 Å². The highest BCUT2D eigenvalue weighted by atomic mass is 35.5. The molecule has 1 amide bonds. The first-order valence-corrected chi connectivity index (χ1v) is 11.9. The van der Waals surface area contributed by atoms with Gasteiger partial charge in [0.05, 0.1) is 10.3 Å². The number of thioether (sulfide) groups is 1. The Bertz CT molecular complexity index is 1010. The number of aromatic nitrogens is 3. The Hall–Kier alpha value is -2.35. The lowest BCUT2D eigenvalue weighted by Crippen LogP contribution is -2.33. The van der Waals surface area contributed by atoms with E-state index >= 15 is 0 Å². The van der Waals surface area contributed by atoms with Gasteiger partial charge in [-0.1, -0.05) is 72.8 Å². The van der Waals surface area contributed by atoms with Gasteiger partial charge in [-0.3, -0.25) is 4.79 Å². The van der Waals surface area contributed by atoms with Crippen molar-refractivity contribution in [3.05, 3.63) is 65.2 Å². The molecule has 170 valence electrons. The van der Waals surface area contributed by atoms with E-state index in [4.69, 9.17) is 16.3 Å². The summed E-state index contributed by atoms with van der Waals surface area (Å²) in [4.78, 5) is 12.8. The number of ether oxygens (including phenoxy) is 1. The molecular formula is C24H29ClN4O2S. The van der Waals surface area contributed by atoms with Crippen LogP contribution in [0, 0.1) is 0 Å². The monoisotopic (exact) mass is 472 g/mol. The smallest absolute Gasteiger partial charge is 0.233 e. The number of hydrogen-bond acceptors (Lipinski definition) is 5. The maximum Gasteiger partial charge on any atom is 0.233 e. The maximum absolute atomic E-state index is 12.8. The summed E-state index contributed by atoms with van der Waals surface area (Å²) in [5.41, 5.74) is 2.02. The predicted molar refractivity (Wildman–Crippen MR) is 130 cm³/mol. The largest absolute Gasteiger partial charge is 0.385 e. The van der Waals surface area contributed by atoms with Crippen molar-refractivity contribution in [2.45, 2.75) is 43.1 Å². The normalized spacial score (nSPS) is 13.0. The van der Waals surface area contributed by atoms with Crippen molar-refractivity contribution >= 4 is 29.3 Å². The van der Waals surface area contributed by atoms with Crippen molar-refractivity contribution in [1.82, 2.24) is 20.1 Å². The van der Waals surface area contributed by atoms with Crippen molar-refractivity contribution < 1.29 is 9.53 Å². The molecule has 0 saturated carbocycles. The molecule has 0 bridgehead atoms. The second-order valence-corrected chi connectivity index (χ2v) is 9.32. The highest BCUT2D eigenvalue weighted by Gasteiger charge is 2.22. The van der Waals surface area contributed by atoms with E-state index in [1.54, 1.807) is 7.11 Å². The molecule has 2 aromatic carbocycles. The molecule has 2 unspecified atom stereocenters. The Morgan fingerprint density at radius 3 is 2.56 bits per heavy atom. The minimum absolute atomic E-state index is 0.0245. The molecule has 8 heteroatoms. The molecule has 3 aromatic rings. The molecule has 0 aliphatic heterocycles. The summed E-state index contributed by atoms with van der Waals surface area (Å²) in [5, 5.41) is 12.8. The van der Waals surface area contributed by atoms with E-state index in [-0.39, 0.29) is 17.1 Å². The van der Waals surface area contributed by atoms with E-state index in [0.29, 0.717) is 35.7 Å². The summed E-state index contributed by atoms with van der Waals surface area (Å²) >= 11 is 7.80. The van der Waals surface area contributed by atoms with Crippen LogP contribution in [0.1, 0.15) is 31.7 Å². The Morgan fingerprint density at radius 1 is 1.12 bits per heavy atom. The number of nitrogens with zero attached hydrogens (tertiary/aromatic N) is 3. The maximum atomic E-state index is 12.8. The number of nitrogens with one attached hydrogen (secondary N) is 1. The molecule has 2 atom stereocenters. The van der Waals surface area contributed by atoms with E-state index in [1.165, 1.54) is 17.3 Å². The first-order chi connectivity index (χ1) is 15.5. The Labute approximate surface area is 198 Å². The third-order valence-corrected chi connectivity index (χ3v) is 6.57. The van der Waals surface area contributed by atoms with Gasteiger partial charge in [0, 0.05) is 32.4 Å². The summed E-state index contributed by atoms with van der Waals surface area (Å²) < 4.78 is 7.22. The lowest BCUT2D eigenvalue weighted by Gasteiger charge is -2.16. The van der Waals surface area contributed by atoms with Gasteiger partial charge in [0.25, 0.3) is 0 Å². The molecule has 0 fully saturated rings. The highest BCUT2D eigenvalue weighted by Crippen LogP contribution is 2.31. The van der Waals surface area contributed by atoms with Gasteiger partial charge in [0.1, 0.15) is 0 Å². The molecule has 0 spiro atoms. The van der Waals surface area contributed by atoms with Gasteiger partial charge in [-0.2, -0.15) is 0 Å². The minimum Gasteiger partial charge on any atom is -0.385 e. The second kappa shape index (κ2) is 12.0. The van der Waals surface area contributed by atoms with Crippen LogP contribution >= 0.6 is 23.4 Å².